The van der Waals surface area contributed by atoms with Gasteiger partial charge >= 0.3 is 29.8 Å². The van der Waals surface area contributed by atoms with Crippen LogP contribution in [0.5, 0.6) is 0 Å². The third kappa shape index (κ3) is 24.5. The van der Waals surface area contributed by atoms with Crippen LogP contribution in [0.15, 0.2) is 303 Å². The Bertz CT molecular complexity index is 4900. The number of methoxy groups -OCH3 is 1. The minimum atomic E-state index is -3.29. The highest BCUT2D eigenvalue weighted by molar-refractivity contribution is 6.99. The van der Waals surface area contributed by atoms with Crippen molar-refractivity contribution in [3.05, 3.63) is 348 Å². The van der Waals surface area contributed by atoms with Crippen LogP contribution in [0.25, 0.3) is 0 Å². The molecule has 0 bridgehead atoms. The zero-order chi connectivity index (χ0) is 87.3. The van der Waals surface area contributed by atoms with E-state index < -0.39 is 142 Å². The molecule has 0 aromatic heterocycles. The van der Waals surface area contributed by atoms with Crippen LogP contribution in [0.2, 0.25) is 5.04 Å². The summed E-state index contributed by atoms with van der Waals surface area (Å²) >= 11 is 0. The maximum atomic E-state index is 14.9. The molecule has 0 saturated carbocycles. The van der Waals surface area contributed by atoms with Crippen LogP contribution in [0.3, 0.4) is 0 Å². The van der Waals surface area contributed by atoms with Crippen molar-refractivity contribution in [3.63, 3.8) is 0 Å². The zero-order valence-electron chi connectivity index (χ0n) is 71.3. The van der Waals surface area contributed by atoms with E-state index in [9.17, 15) is 24.0 Å². The lowest BCUT2D eigenvalue weighted by atomic mass is 10.1. The molecule has 14 rings (SSSR count). The Morgan fingerprint density at radius 1 is 0.286 bits per heavy atom. The van der Waals surface area contributed by atoms with Gasteiger partial charge in [0.1, 0.15) is 48.8 Å². The number of carbonyl (C=O) groups excluding carboxylic acids is 5. The van der Waals surface area contributed by atoms with Crippen molar-refractivity contribution in [2.75, 3.05) is 40.1 Å². The van der Waals surface area contributed by atoms with E-state index in [1.54, 1.807) is 115 Å². The maximum Gasteiger partial charge on any atom is 0.338 e. The molecule has 4 fully saturated rings. The molecule has 0 radical (unpaired) electrons. The molecule has 660 valence electrons. The molecular weight excluding hydrogens is 1620 g/mol. The van der Waals surface area contributed by atoms with Gasteiger partial charge in [-0.05, 0) is 99.0 Å². The van der Waals surface area contributed by atoms with E-state index >= 15 is 0 Å². The fourth-order valence-corrected chi connectivity index (χ4v) is 20.8. The Morgan fingerprint density at radius 3 is 0.810 bits per heavy atom. The van der Waals surface area contributed by atoms with Crippen LogP contribution in [0.4, 0.5) is 0 Å². The highest BCUT2D eigenvalue weighted by Gasteiger charge is 2.58. The molecular formula is C102H110O23Si. The van der Waals surface area contributed by atoms with Crippen molar-refractivity contribution in [2.24, 2.45) is 0 Å². The van der Waals surface area contributed by atoms with Gasteiger partial charge in [0.15, 0.2) is 49.6 Å². The molecule has 0 N–H and O–H groups in total. The van der Waals surface area contributed by atoms with Gasteiger partial charge in [-0.2, -0.15) is 0 Å². The molecule has 10 aromatic carbocycles. The minimum absolute atomic E-state index is 0.00577. The van der Waals surface area contributed by atoms with Gasteiger partial charge in [0.05, 0.1) is 82.2 Å². The standard InChI is InChI=1S/C102H110O23Si/c1-102(2,3)126(79-57-35-17-36-58-79,80-59-37-18-38-60-80)117-70-84-89(113-66-74-47-25-12-26-48-74)93(125-97(107)78-55-33-16-34-56-78)101(121-84)116-69-83-88(112-65-73-45-23-11-24-46-73)92(124-96(106)77-53-31-15-32-54-77)100(120-83)115-68-82-87(111-64-72-43-21-10-22-44-72)91(123-95(105)76-51-29-14-30-52-76)99(119-82)114-67-81-86(110-63-71-41-19-9-20-42-71)90(122-94(104)75-49-27-13-28-50-75)98(118-81)109-62-40-8-6-5-7-39-61-85(103)108-4/h9-38,41-60,81-84,86-93,98-101H,5-8,39-40,61-70H2,1-4H3/t81-,82-,83-,84-,86-,87-,88-,89-,90+,91+,92+,93+,98+,99+,100+,101+/m1/s1. The lowest BCUT2D eigenvalue weighted by Gasteiger charge is -2.43. The molecule has 16 atom stereocenters. The summed E-state index contributed by atoms with van der Waals surface area (Å²) in [6.45, 7) is 5.83. The molecule has 24 heteroatoms. The van der Waals surface area contributed by atoms with Crippen LogP contribution >= 0.6 is 0 Å². The Hall–Kier alpha value is -10.8. The number of rotatable bonds is 44. The normalized spacial score (nSPS) is 23.4. The van der Waals surface area contributed by atoms with Gasteiger partial charge in [-0.15, -0.1) is 0 Å². The molecule has 10 aromatic rings. The molecule has 126 heavy (non-hydrogen) atoms. The first kappa shape index (κ1) is 91.5. The van der Waals surface area contributed by atoms with E-state index in [1.807, 2.05) is 164 Å². The summed E-state index contributed by atoms with van der Waals surface area (Å²) in [7, 11) is -1.90. The Labute approximate surface area is 737 Å². The van der Waals surface area contributed by atoms with Gasteiger partial charge in [-0.25, -0.2) is 19.2 Å². The second-order valence-corrected chi connectivity index (χ2v) is 36.8. The quantitative estimate of drug-likeness (QED) is 0.0149. The van der Waals surface area contributed by atoms with Gasteiger partial charge < -0.3 is 85.0 Å². The first-order valence-electron chi connectivity index (χ1n) is 43.2. The highest BCUT2D eigenvalue weighted by Crippen LogP contribution is 2.41. The third-order valence-electron chi connectivity index (χ3n) is 22.7. The van der Waals surface area contributed by atoms with Crippen molar-refractivity contribution >= 4 is 48.5 Å². The molecule has 0 aliphatic carbocycles. The van der Waals surface area contributed by atoms with E-state index in [0.717, 1.165) is 64.7 Å². The zero-order valence-corrected chi connectivity index (χ0v) is 72.3. The Balaban J connectivity index is 0.787. The van der Waals surface area contributed by atoms with Gasteiger partial charge in [-0.1, -0.05) is 301 Å². The molecule has 4 aliphatic rings. The minimum Gasteiger partial charge on any atom is -0.469 e. The smallest absolute Gasteiger partial charge is 0.338 e. The summed E-state index contributed by atoms with van der Waals surface area (Å²) in [4.78, 5) is 70.5. The molecule has 4 aliphatic heterocycles. The van der Waals surface area contributed by atoms with Gasteiger partial charge in [-0.3, -0.25) is 4.79 Å². The lowest BCUT2D eigenvalue weighted by molar-refractivity contribution is -0.225. The molecule has 4 heterocycles. The van der Waals surface area contributed by atoms with E-state index in [2.05, 4.69) is 45.0 Å². The van der Waals surface area contributed by atoms with Crippen molar-refractivity contribution < 1.29 is 109 Å². The van der Waals surface area contributed by atoms with Crippen molar-refractivity contribution in [2.45, 2.75) is 196 Å². The van der Waals surface area contributed by atoms with Crippen molar-refractivity contribution in [1.82, 2.24) is 0 Å². The van der Waals surface area contributed by atoms with Crippen molar-refractivity contribution in [3.8, 4) is 0 Å². The first-order valence-corrected chi connectivity index (χ1v) is 45.1. The first-order chi connectivity index (χ1) is 61.7. The summed E-state index contributed by atoms with van der Waals surface area (Å²) in [5.41, 5.74) is 4.24. The summed E-state index contributed by atoms with van der Waals surface area (Å²) in [6, 6.07) is 92.8. The number of esters is 5. The molecule has 0 unspecified atom stereocenters. The van der Waals surface area contributed by atoms with E-state index in [0.29, 0.717) is 18.4 Å². The fraction of sp³-hybridized carbons (Fsp3) is 0.363. The maximum absolute atomic E-state index is 14.9. The average Bonchev–Trinajstić information content (AvgIpc) is 0.876. The summed E-state index contributed by atoms with van der Waals surface area (Å²) in [5.74, 6) is -2.98. The summed E-state index contributed by atoms with van der Waals surface area (Å²) in [5, 5.41) is 1.61. The number of carbonyl (C=O) groups is 5. The lowest BCUT2D eigenvalue weighted by Crippen LogP contribution is -2.67. The predicted octanol–water partition coefficient (Wildman–Crippen LogP) is 15.7. The second-order valence-electron chi connectivity index (χ2n) is 32.5. The van der Waals surface area contributed by atoms with Gasteiger partial charge in [0.2, 0.25) is 0 Å². The van der Waals surface area contributed by atoms with Crippen LogP contribution in [0, 0.1) is 0 Å². The number of unbranched alkanes of at least 4 members (excludes halogenated alkanes) is 5. The largest absolute Gasteiger partial charge is 0.469 e. The number of hydrogen-bond donors (Lipinski definition) is 0. The van der Waals surface area contributed by atoms with E-state index in [4.69, 9.17) is 85.0 Å². The Kier molecular flexibility index (Phi) is 33.5. The van der Waals surface area contributed by atoms with E-state index in [-0.39, 0.29) is 75.5 Å². The van der Waals surface area contributed by atoms with Crippen LogP contribution in [-0.2, 0) is 116 Å². The molecule has 0 spiro atoms. The highest BCUT2D eigenvalue weighted by atomic mass is 28.4. The fourth-order valence-electron chi connectivity index (χ4n) is 16.2. The summed E-state index contributed by atoms with van der Waals surface area (Å²) in [6.07, 6.45) is -14.1. The molecule has 0 amide bonds. The predicted molar refractivity (Wildman–Crippen MR) is 469 cm³/mol. The third-order valence-corrected chi connectivity index (χ3v) is 27.7. The number of benzene rings is 10. The SMILES string of the molecule is COC(=O)CCCCCCCCO[C@H]1O[C@H](CO[C@H]2O[C@H](CO[C@H]3O[C@H](CO[C@H]4O[C@H](CO[Si](c5ccccc5)(c5ccccc5)C(C)(C)C)[C@@H](OCc5ccccc5)[C@@H]4OC(=O)c4ccccc4)[C@@H](OCc4ccccc4)[C@@H]3OC(=O)c3ccccc3)[C@@H](OCc3ccccc3)[C@@H]2OC(=O)c2ccccc2)[C@@H](OCc2ccccc2)[C@@H]1OC(=O)c1ccccc1. The van der Waals surface area contributed by atoms with Gasteiger partial charge in [0.25, 0.3) is 8.32 Å². The summed E-state index contributed by atoms with van der Waals surface area (Å²) < 4.78 is 122. The van der Waals surface area contributed by atoms with Crippen LogP contribution < -0.4 is 10.4 Å². The molecule has 4 saturated heterocycles. The Morgan fingerprint density at radius 2 is 0.532 bits per heavy atom. The average molecular weight is 1730 g/mol. The number of ether oxygens (including phenoxy) is 17. The van der Waals surface area contributed by atoms with E-state index in [1.165, 1.54) is 7.11 Å². The second kappa shape index (κ2) is 46.1. The van der Waals surface area contributed by atoms with Crippen LogP contribution in [-0.4, -0.2) is 177 Å². The van der Waals surface area contributed by atoms with Crippen LogP contribution in [0.1, 0.15) is 129 Å². The topological polar surface area (TPSA) is 251 Å². The number of hydrogen-bond acceptors (Lipinski definition) is 23. The molecule has 23 nitrogen and oxygen atoms in total. The monoisotopic (exact) mass is 1730 g/mol. The van der Waals surface area contributed by atoms with Gasteiger partial charge in [0, 0.05) is 13.0 Å². The van der Waals surface area contributed by atoms with Crippen molar-refractivity contribution in [1.29, 1.82) is 0 Å².